The van der Waals surface area contributed by atoms with Crippen LogP contribution in [0.4, 0.5) is 5.69 Å². The van der Waals surface area contributed by atoms with Crippen LogP contribution in [-0.4, -0.2) is 173 Å². The summed E-state index contributed by atoms with van der Waals surface area (Å²) >= 11 is 0. The van der Waals surface area contributed by atoms with E-state index in [0.717, 1.165) is 4.90 Å². The Kier molecular flexibility index (Phi) is 23.2. The zero-order valence-corrected chi connectivity index (χ0v) is 31.1. The molecule has 4 amide bonds. The Morgan fingerprint density at radius 3 is 1.59 bits per heavy atom. The van der Waals surface area contributed by atoms with Crippen LogP contribution in [-0.2, 0) is 61.8 Å². The van der Waals surface area contributed by atoms with Crippen LogP contribution in [0.2, 0.25) is 0 Å². The first-order valence-electron chi connectivity index (χ1n) is 18.4. The first kappa shape index (κ1) is 44.8. The van der Waals surface area contributed by atoms with E-state index in [0.29, 0.717) is 138 Å². The second kappa shape index (κ2) is 27.9. The number of anilines is 1. The highest BCUT2D eigenvalue weighted by Gasteiger charge is 2.45. The molecule has 0 bridgehead atoms. The molecule has 304 valence electrons. The first-order chi connectivity index (χ1) is 26.4. The Morgan fingerprint density at radius 2 is 1.13 bits per heavy atom. The van der Waals surface area contributed by atoms with E-state index >= 15 is 0 Å². The van der Waals surface area contributed by atoms with Crippen molar-refractivity contribution in [1.29, 1.82) is 0 Å². The standard InChI is InChI=1S/C36H55N3O15/c1-2-54-32(41)8-10-45-12-14-47-16-18-49-20-22-51-24-26-53-27-25-52-23-21-50-19-17-48-15-13-46-11-9-37-29-5-3-4-28-33(29)36(44)39(35(28)43)30-6-7-31(40)38-34(30)42/h3-5,30,37H,2,6-27H2,1H3,(H,38,40,42). The molecule has 0 spiro atoms. The van der Waals surface area contributed by atoms with Crippen molar-refractivity contribution in [3.8, 4) is 0 Å². The zero-order chi connectivity index (χ0) is 38.6. The summed E-state index contributed by atoms with van der Waals surface area (Å²) in [7, 11) is 0. The number of rotatable bonds is 33. The molecule has 2 aliphatic heterocycles. The summed E-state index contributed by atoms with van der Waals surface area (Å²) in [6, 6.07) is 3.89. The number of hydrogen-bond donors (Lipinski definition) is 2. The molecular weight excluding hydrogens is 714 g/mol. The summed E-state index contributed by atoms with van der Waals surface area (Å²) in [5, 5.41) is 5.32. The average molecular weight is 770 g/mol. The number of hydrogen-bond acceptors (Lipinski definition) is 16. The van der Waals surface area contributed by atoms with E-state index in [1.165, 1.54) is 0 Å². The van der Waals surface area contributed by atoms with Crippen LogP contribution < -0.4 is 10.6 Å². The third kappa shape index (κ3) is 17.3. The summed E-state index contributed by atoms with van der Waals surface area (Å²) in [6.07, 6.45) is 0.406. The molecule has 3 rings (SSSR count). The van der Waals surface area contributed by atoms with Crippen LogP contribution in [0.15, 0.2) is 18.2 Å². The van der Waals surface area contributed by atoms with Crippen molar-refractivity contribution in [3.63, 3.8) is 0 Å². The zero-order valence-electron chi connectivity index (χ0n) is 31.1. The number of nitrogens with zero attached hydrogens (tertiary/aromatic N) is 1. The Labute approximate surface area is 315 Å². The van der Waals surface area contributed by atoms with Crippen molar-refractivity contribution in [2.24, 2.45) is 0 Å². The minimum atomic E-state index is -1.01. The number of imide groups is 2. The lowest BCUT2D eigenvalue weighted by atomic mass is 10.0. The third-order valence-electron chi connectivity index (χ3n) is 7.76. The summed E-state index contributed by atoms with van der Waals surface area (Å²) in [5.41, 5.74) is 0.897. The second-order valence-corrected chi connectivity index (χ2v) is 11.7. The van der Waals surface area contributed by atoms with Gasteiger partial charge in [-0.15, -0.1) is 0 Å². The molecule has 0 aromatic heterocycles. The van der Waals surface area contributed by atoms with Crippen LogP contribution in [0, 0.1) is 0 Å². The Balaban J connectivity index is 1.02. The predicted molar refractivity (Wildman–Crippen MR) is 190 cm³/mol. The summed E-state index contributed by atoms with van der Waals surface area (Å²) in [6.45, 7) is 10.2. The molecule has 0 saturated carbocycles. The summed E-state index contributed by atoms with van der Waals surface area (Å²) < 4.78 is 53.9. The van der Waals surface area contributed by atoms with Gasteiger partial charge in [-0.25, -0.2) is 0 Å². The fourth-order valence-corrected chi connectivity index (χ4v) is 5.17. The van der Waals surface area contributed by atoms with Crippen molar-refractivity contribution in [1.82, 2.24) is 10.2 Å². The van der Waals surface area contributed by atoms with E-state index in [1.807, 2.05) is 0 Å². The number of nitrogens with one attached hydrogen (secondary N) is 2. The van der Waals surface area contributed by atoms with E-state index in [-0.39, 0.29) is 36.4 Å². The SMILES string of the molecule is CCOC(=O)CCOCCOCCOCCOCCOCCOCCOCCOCCOCCNc1cccc2c1C(=O)N(C1CCC(=O)NC1=O)C2=O. The minimum Gasteiger partial charge on any atom is -0.466 e. The van der Waals surface area contributed by atoms with Crippen LogP contribution in [0.1, 0.15) is 46.9 Å². The molecule has 1 saturated heterocycles. The molecule has 1 aromatic rings. The predicted octanol–water partition coefficient (Wildman–Crippen LogP) is 0.602. The van der Waals surface area contributed by atoms with Gasteiger partial charge in [-0.05, 0) is 25.5 Å². The monoisotopic (exact) mass is 769 g/mol. The quantitative estimate of drug-likeness (QED) is 0.0571. The highest BCUT2D eigenvalue weighted by Crippen LogP contribution is 2.32. The van der Waals surface area contributed by atoms with Gasteiger partial charge >= 0.3 is 5.97 Å². The van der Waals surface area contributed by atoms with Gasteiger partial charge in [0.1, 0.15) is 6.04 Å². The number of carbonyl (C=O) groups excluding carboxylic acids is 5. The fraction of sp³-hybridized carbons (Fsp3) is 0.694. The molecule has 2 N–H and O–H groups in total. The lowest BCUT2D eigenvalue weighted by Crippen LogP contribution is -2.54. The normalized spacial score (nSPS) is 15.5. The summed E-state index contributed by atoms with van der Waals surface area (Å²) in [4.78, 5) is 62.0. The number of carbonyl (C=O) groups is 5. The van der Waals surface area contributed by atoms with Gasteiger partial charge in [-0.1, -0.05) is 6.07 Å². The topological polar surface area (TPSA) is 205 Å². The van der Waals surface area contributed by atoms with Gasteiger partial charge in [0.15, 0.2) is 0 Å². The number of esters is 1. The van der Waals surface area contributed by atoms with Crippen molar-refractivity contribution in [2.75, 3.05) is 137 Å². The van der Waals surface area contributed by atoms with Crippen molar-refractivity contribution >= 4 is 35.3 Å². The molecule has 54 heavy (non-hydrogen) atoms. The van der Waals surface area contributed by atoms with E-state index in [2.05, 4.69) is 10.6 Å². The molecule has 18 nitrogen and oxygen atoms in total. The van der Waals surface area contributed by atoms with Crippen LogP contribution in [0.3, 0.4) is 0 Å². The summed E-state index contributed by atoms with van der Waals surface area (Å²) in [5.74, 6) is -2.44. The fourth-order valence-electron chi connectivity index (χ4n) is 5.17. The van der Waals surface area contributed by atoms with E-state index in [1.54, 1.807) is 25.1 Å². The molecule has 0 radical (unpaired) electrons. The lowest BCUT2D eigenvalue weighted by molar-refractivity contribution is -0.144. The molecule has 18 heteroatoms. The maximum atomic E-state index is 13.1. The molecule has 1 unspecified atom stereocenters. The Hall–Kier alpha value is -3.59. The van der Waals surface area contributed by atoms with E-state index in [4.69, 9.17) is 47.4 Å². The van der Waals surface area contributed by atoms with Crippen molar-refractivity contribution in [3.05, 3.63) is 29.3 Å². The molecule has 0 aliphatic carbocycles. The van der Waals surface area contributed by atoms with Gasteiger partial charge in [-0.3, -0.25) is 34.2 Å². The molecule has 2 aliphatic rings. The number of benzene rings is 1. The molecule has 1 atom stereocenters. The van der Waals surface area contributed by atoms with E-state index in [9.17, 15) is 24.0 Å². The molecule has 1 aromatic carbocycles. The van der Waals surface area contributed by atoms with E-state index < -0.39 is 29.7 Å². The lowest BCUT2D eigenvalue weighted by Gasteiger charge is -2.27. The van der Waals surface area contributed by atoms with Crippen molar-refractivity contribution in [2.45, 2.75) is 32.2 Å². The minimum absolute atomic E-state index is 0.0633. The van der Waals surface area contributed by atoms with Gasteiger partial charge in [0.2, 0.25) is 11.8 Å². The van der Waals surface area contributed by atoms with Crippen LogP contribution in [0.25, 0.3) is 0 Å². The number of piperidine rings is 1. The van der Waals surface area contributed by atoms with Gasteiger partial charge in [-0.2, -0.15) is 0 Å². The maximum Gasteiger partial charge on any atom is 0.308 e. The largest absolute Gasteiger partial charge is 0.466 e. The highest BCUT2D eigenvalue weighted by atomic mass is 16.6. The molecule has 1 fully saturated rings. The second-order valence-electron chi connectivity index (χ2n) is 11.7. The Bertz CT molecular complexity index is 1280. The average Bonchev–Trinajstić information content (AvgIpc) is 3.41. The van der Waals surface area contributed by atoms with Crippen molar-refractivity contribution < 1.29 is 71.3 Å². The van der Waals surface area contributed by atoms with Gasteiger partial charge in [0, 0.05) is 18.7 Å². The highest BCUT2D eigenvalue weighted by molar-refractivity contribution is 6.25. The smallest absolute Gasteiger partial charge is 0.308 e. The number of amides is 4. The third-order valence-corrected chi connectivity index (χ3v) is 7.76. The first-order valence-corrected chi connectivity index (χ1v) is 18.4. The van der Waals surface area contributed by atoms with Crippen LogP contribution >= 0.6 is 0 Å². The maximum absolute atomic E-state index is 13.1. The Morgan fingerprint density at radius 1 is 0.667 bits per heavy atom. The van der Waals surface area contributed by atoms with Gasteiger partial charge in [0.05, 0.1) is 143 Å². The molecular formula is C36H55N3O15. The number of fused-ring (bicyclic) bond motifs is 1. The molecule has 2 heterocycles. The van der Waals surface area contributed by atoms with Gasteiger partial charge in [0.25, 0.3) is 11.8 Å². The number of ether oxygens (including phenoxy) is 10. The van der Waals surface area contributed by atoms with Gasteiger partial charge < -0.3 is 52.7 Å². The van der Waals surface area contributed by atoms with Crippen LogP contribution in [0.5, 0.6) is 0 Å².